The van der Waals surface area contributed by atoms with Crippen LogP contribution in [-0.4, -0.2) is 4.57 Å². The molecule has 2 rings (SSSR count). The lowest BCUT2D eigenvalue weighted by Gasteiger charge is -2.12. The molecule has 0 aliphatic carbocycles. The fourth-order valence-electron chi connectivity index (χ4n) is 1.99. The van der Waals surface area contributed by atoms with Crippen LogP contribution in [0.1, 0.15) is 29.8 Å². The number of aromatic nitrogens is 1. The first-order chi connectivity index (χ1) is 7.66. The van der Waals surface area contributed by atoms with E-state index < -0.39 is 0 Å². The Morgan fingerprint density at radius 2 is 2.06 bits per heavy atom. The summed E-state index contributed by atoms with van der Waals surface area (Å²) in [6.07, 6.45) is 2.08. The van der Waals surface area contributed by atoms with Crippen molar-refractivity contribution < 1.29 is 0 Å². The van der Waals surface area contributed by atoms with Crippen LogP contribution in [0.25, 0.3) is 0 Å². The minimum atomic E-state index is 0.0832. The zero-order valence-electron chi connectivity index (χ0n) is 9.85. The highest BCUT2D eigenvalue weighted by Crippen LogP contribution is 2.13. The van der Waals surface area contributed by atoms with Crippen molar-refractivity contribution in [2.45, 2.75) is 26.4 Å². The Kier molecular flexibility index (Phi) is 3.11. The van der Waals surface area contributed by atoms with Crippen LogP contribution < -0.4 is 5.73 Å². The fraction of sp³-hybridized carbons (Fsp3) is 0.286. The van der Waals surface area contributed by atoms with Crippen molar-refractivity contribution in [3.8, 4) is 0 Å². The molecule has 1 heterocycles. The van der Waals surface area contributed by atoms with Crippen molar-refractivity contribution in [3.05, 3.63) is 59.4 Å². The van der Waals surface area contributed by atoms with Crippen LogP contribution in [-0.2, 0) is 6.54 Å². The maximum absolute atomic E-state index is 5.92. The van der Waals surface area contributed by atoms with Crippen molar-refractivity contribution in [1.82, 2.24) is 4.57 Å². The summed E-state index contributed by atoms with van der Waals surface area (Å²) in [5.74, 6) is 0. The van der Waals surface area contributed by atoms with E-state index in [1.807, 2.05) is 6.92 Å². The van der Waals surface area contributed by atoms with E-state index in [-0.39, 0.29) is 6.04 Å². The third kappa shape index (κ3) is 2.34. The van der Waals surface area contributed by atoms with E-state index in [1.54, 1.807) is 0 Å². The molecule has 1 aromatic heterocycles. The molecule has 0 radical (unpaired) electrons. The number of nitrogens with zero attached hydrogens (tertiary/aromatic N) is 1. The second-order valence-electron chi connectivity index (χ2n) is 4.34. The first kappa shape index (κ1) is 11.0. The maximum Gasteiger partial charge on any atom is 0.0473 e. The molecule has 0 aliphatic heterocycles. The van der Waals surface area contributed by atoms with Gasteiger partial charge < -0.3 is 10.3 Å². The lowest BCUT2D eigenvalue weighted by Crippen LogP contribution is -2.12. The number of nitrogens with two attached hydrogens (primary N) is 1. The quantitative estimate of drug-likeness (QED) is 0.836. The van der Waals surface area contributed by atoms with Gasteiger partial charge in [-0.05, 0) is 31.5 Å². The van der Waals surface area contributed by atoms with E-state index in [2.05, 4.69) is 54.1 Å². The highest BCUT2D eigenvalue weighted by molar-refractivity contribution is 5.23. The van der Waals surface area contributed by atoms with Crippen molar-refractivity contribution in [1.29, 1.82) is 0 Å². The minimum Gasteiger partial charge on any atom is -0.346 e. The molecule has 0 aliphatic rings. The Morgan fingerprint density at radius 3 is 2.75 bits per heavy atom. The zero-order chi connectivity index (χ0) is 11.5. The minimum absolute atomic E-state index is 0.0832. The second kappa shape index (κ2) is 4.54. The van der Waals surface area contributed by atoms with Crippen molar-refractivity contribution in [2.75, 3.05) is 0 Å². The first-order valence-electron chi connectivity index (χ1n) is 5.63. The van der Waals surface area contributed by atoms with Gasteiger partial charge in [0.05, 0.1) is 0 Å². The monoisotopic (exact) mass is 214 g/mol. The molecule has 0 saturated carbocycles. The van der Waals surface area contributed by atoms with E-state index in [0.717, 1.165) is 6.54 Å². The highest BCUT2D eigenvalue weighted by atomic mass is 15.0. The van der Waals surface area contributed by atoms with Gasteiger partial charge in [0.1, 0.15) is 0 Å². The van der Waals surface area contributed by atoms with Crippen molar-refractivity contribution in [2.24, 2.45) is 5.73 Å². The summed E-state index contributed by atoms with van der Waals surface area (Å²) in [7, 11) is 0. The summed E-state index contributed by atoms with van der Waals surface area (Å²) in [6, 6.07) is 12.8. The topological polar surface area (TPSA) is 30.9 Å². The van der Waals surface area contributed by atoms with Crippen LogP contribution in [0.3, 0.4) is 0 Å². The molecular weight excluding hydrogens is 196 g/mol. The van der Waals surface area contributed by atoms with Crippen LogP contribution in [0.2, 0.25) is 0 Å². The van der Waals surface area contributed by atoms with Gasteiger partial charge in [-0.2, -0.15) is 0 Å². The van der Waals surface area contributed by atoms with E-state index in [4.69, 9.17) is 5.73 Å². The molecule has 2 aromatic rings. The molecule has 2 heteroatoms. The van der Waals surface area contributed by atoms with Crippen LogP contribution in [0.15, 0.2) is 42.6 Å². The van der Waals surface area contributed by atoms with E-state index in [9.17, 15) is 0 Å². The number of hydrogen-bond donors (Lipinski definition) is 1. The molecule has 2 nitrogen and oxygen atoms in total. The van der Waals surface area contributed by atoms with Crippen LogP contribution in [0.4, 0.5) is 0 Å². The van der Waals surface area contributed by atoms with Crippen molar-refractivity contribution >= 4 is 0 Å². The standard InChI is InChI=1S/C14H18N2/c1-11-5-3-6-13(9-11)10-16-8-4-7-14(16)12(2)15/h3-9,12H,10,15H2,1-2H3. The predicted molar refractivity (Wildman–Crippen MR) is 67.3 cm³/mol. The van der Waals surface area contributed by atoms with Crippen LogP contribution in [0.5, 0.6) is 0 Å². The molecule has 1 aromatic carbocycles. The molecule has 0 saturated heterocycles. The summed E-state index contributed by atoms with van der Waals surface area (Å²) in [6.45, 7) is 5.03. The molecule has 0 amide bonds. The van der Waals surface area contributed by atoms with Gasteiger partial charge in [0.25, 0.3) is 0 Å². The third-order valence-electron chi connectivity index (χ3n) is 2.77. The van der Waals surface area contributed by atoms with Crippen LogP contribution >= 0.6 is 0 Å². The van der Waals surface area contributed by atoms with Gasteiger partial charge in [-0.1, -0.05) is 29.8 Å². The van der Waals surface area contributed by atoms with Gasteiger partial charge in [-0.25, -0.2) is 0 Å². The summed E-state index contributed by atoms with van der Waals surface area (Å²) in [5, 5.41) is 0. The molecule has 2 N–H and O–H groups in total. The highest BCUT2D eigenvalue weighted by Gasteiger charge is 2.05. The number of benzene rings is 1. The fourth-order valence-corrected chi connectivity index (χ4v) is 1.99. The zero-order valence-corrected chi connectivity index (χ0v) is 9.85. The molecule has 0 bridgehead atoms. The number of rotatable bonds is 3. The predicted octanol–water partition coefficient (Wildman–Crippen LogP) is 2.86. The summed E-state index contributed by atoms with van der Waals surface area (Å²) in [5.41, 5.74) is 9.72. The summed E-state index contributed by atoms with van der Waals surface area (Å²) < 4.78 is 2.21. The SMILES string of the molecule is Cc1cccc(Cn2cccc2C(C)N)c1. The number of aryl methyl sites for hydroxylation is 1. The van der Waals surface area contributed by atoms with Crippen LogP contribution in [0, 0.1) is 6.92 Å². The van der Waals surface area contributed by atoms with Gasteiger partial charge in [-0.15, -0.1) is 0 Å². The molecular formula is C14H18N2. The van der Waals surface area contributed by atoms with E-state index in [1.165, 1.54) is 16.8 Å². The molecule has 1 atom stereocenters. The smallest absolute Gasteiger partial charge is 0.0473 e. The summed E-state index contributed by atoms with van der Waals surface area (Å²) in [4.78, 5) is 0. The van der Waals surface area contributed by atoms with Gasteiger partial charge in [0.15, 0.2) is 0 Å². The van der Waals surface area contributed by atoms with E-state index >= 15 is 0 Å². The molecule has 0 spiro atoms. The Morgan fingerprint density at radius 1 is 1.25 bits per heavy atom. The Balaban J connectivity index is 2.24. The number of hydrogen-bond acceptors (Lipinski definition) is 1. The largest absolute Gasteiger partial charge is 0.346 e. The van der Waals surface area contributed by atoms with Crippen molar-refractivity contribution in [3.63, 3.8) is 0 Å². The Hall–Kier alpha value is -1.54. The third-order valence-corrected chi connectivity index (χ3v) is 2.77. The van der Waals surface area contributed by atoms with Gasteiger partial charge in [-0.3, -0.25) is 0 Å². The van der Waals surface area contributed by atoms with Gasteiger partial charge in [0.2, 0.25) is 0 Å². The lowest BCUT2D eigenvalue weighted by molar-refractivity contribution is 0.675. The van der Waals surface area contributed by atoms with Gasteiger partial charge in [0, 0.05) is 24.5 Å². The molecule has 84 valence electrons. The Bertz CT molecular complexity index is 469. The lowest BCUT2D eigenvalue weighted by atomic mass is 10.1. The summed E-state index contributed by atoms with van der Waals surface area (Å²) >= 11 is 0. The first-order valence-corrected chi connectivity index (χ1v) is 5.63. The molecule has 0 fully saturated rings. The molecule has 16 heavy (non-hydrogen) atoms. The second-order valence-corrected chi connectivity index (χ2v) is 4.34. The normalized spacial score (nSPS) is 12.7. The van der Waals surface area contributed by atoms with E-state index in [0.29, 0.717) is 0 Å². The average molecular weight is 214 g/mol. The average Bonchev–Trinajstić information content (AvgIpc) is 2.66. The molecule has 1 unspecified atom stereocenters. The van der Waals surface area contributed by atoms with Gasteiger partial charge >= 0.3 is 0 Å². The Labute approximate surface area is 96.7 Å². The maximum atomic E-state index is 5.92.